The SMILES string of the molecule is CCCC/C=C/CCCCC/C=C/C=C/CCC(=O)OOO. The Morgan fingerprint density at radius 3 is 2.09 bits per heavy atom. The minimum atomic E-state index is -0.583. The molecule has 0 heterocycles. The summed E-state index contributed by atoms with van der Waals surface area (Å²) in [5.41, 5.74) is 0. The largest absolute Gasteiger partial charge is 0.345 e. The van der Waals surface area contributed by atoms with Crippen molar-refractivity contribution in [3.05, 3.63) is 36.5 Å². The van der Waals surface area contributed by atoms with Crippen LogP contribution in [0.1, 0.15) is 71.1 Å². The zero-order valence-electron chi connectivity index (χ0n) is 13.7. The van der Waals surface area contributed by atoms with Crippen LogP contribution in [-0.4, -0.2) is 11.2 Å². The molecule has 0 aliphatic heterocycles. The van der Waals surface area contributed by atoms with Crippen LogP contribution in [0, 0.1) is 0 Å². The quantitative estimate of drug-likeness (QED) is 0.151. The Morgan fingerprint density at radius 2 is 1.45 bits per heavy atom. The minimum absolute atomic E-state index is 0.191. The molecule has 0 aromatic carbocycles. The van der Waals surface area contributed by atoms with E-state index in [0.717, 1.165) is 6.42 Å². The maximum Gasteiger partial charge on any atom is 0.345 e. The molecule has 4 heteroatoms. The van der Waals surface area contributed by atoms with Gasteiger partial charge in [-0.05, 0) is 43.6 Å². The van der Waals surface area contributed by atoms with Gasteiger partial charge >= 0.3 is 5.97 Å². The van der Waals surface area contributed by atoms with Crippen LogP contribution in [0.5, 0.6) is 0 Å². The molecule has 0 bridgehead atoms. The topological polar surface area (TPSA) is 55.8 Å². The van der Waals surface area contributed by atoms with Crippen LogP contribution in [0.15, 0.2) is 36.5 Å². The molecular formula is C18H30O4. The molecule has 0 rings (SSSR count). The van der Waals surface area contributed by atoms with Gasteiger partial charge in [-0.2, -0.15) is 0 Å². The van der Waals surface area contributed by atoms with E-state index in [2.05, 4.69) is 35.1 Å². The van der Waals surface area contributed by atoms with Crippen LogP contribution in [0.25, 0.3) is 0 Å². The van der Waals surface area contributed by atoms with Crippen LogP contribution >= 0.6 is 0 Å². The van der Waals surface area contributed by atoms with Gasteiger partial charge in [-0.3, -0.25) is 4.89 Å². The molecule has 0 aromatic rings. The minimum Gasteiger partial charge on any atom is -0.269 e. The summed E-state index contributed by atoms with van der Waals surface area (Å²) in [7, 11) is 0. The molecule has 0 aromatic heterocycles. The van der Waals surface area contributed by atoms with Gasteiger partial charge in [-0.1, -0.05) is 62.6 Å². The molecule has 1 N–H and O–H groups in total. The molecule has 126 valence electrons. The van der Waals surface area contributed by atoms with Crippen molar-refractivity contribution in [2.45, 2.75) is 71.1 Å². The number of unbranched alkanes of at least 4 members (excludes halogenated alkanes) is 6. The first-order chi connectivity index (χ1) is 10.8. The number of rotatable bonds is 14. The molecule has 0 atom stereocenters. The Labute approximate surface area is 134 Å². The van der Waals surface area contributed by atoms with Gasteiger partial charge in [-0.15, -0.1) is 0 Å². The molecule has 0 saturated carbocycles. The zero-order chi connectivity index (χ0) is 16.3. The zero-order valence-corrected chi connectivity index (χ0v) is 13.7. The predicted octanol–water partition coefficient (Wildman–Crippen LogP) is 5.52. The summed E-state index contributed by atoms with van der Waals surface area (Å²) in [6, 6.07) is 0. The molecule has 22 heavy (non-hydrogen) atoms. The summed E-state index contributed by atoms with van der Waals surface area (Å²) < 4.78 is 0. The summed E-state index contributed by atoms with van der Waals surface area (Å²) >= 11 is 0. The number of allylic oxidation sites excluding steroid dienone is 6. The third-order valence-corrected chi connectivity index (χ3v) is 3.16. The van der Waals surface area contributed by atoms with E-state index in [4.69, 9.17) is 5.26 Å². The van der Waals surface area contributed by atoms with Gasteiger partial charge in [-0.25, -0.2) is 10.1 Å². The van der Waals surface area contributed by atoms with Gasteiger partial charge < -0.3 is 0 Å². The van der Waals surface area contributed by atoms with Crippen molar-refractivity contribution < 1.29 is 20.0 Å². The fourth-order valence-electron chi connectivity index (χ4n) is 1.89. The molecule has 0 aliphatic carbocycles. The Bertz CT molecular complexity index is 332. The van der Waals surface area contributed by atoms with E-state index < -0.39 is 5.97 Å². The maximum atomic E-state index is 10.8. The van der Waals surface area contributed by atoms with Gasteiger partial charge in [0.2, 0.25) is 0 Å². The summed E-state index contributed by atoms with van der Waals surface area (Å²) in [6.45, 7) is 2.22. The molecule has 0 radical (unpaired) electrons. The van der Waals surface area contributed by atoms with Crippen molar-refractivity contribution in [2.75, 3.05) is 0 Å². The van der Waals surface area contributed by atoms with Gasteiger partial charge in [0.15, 0.2) is 0 Å². The van der Waals surface area contributed by atoms with Crippen molar-refractivity contribution in [3.63, 3.8) is 0 Å². The maximum absolute atomic E-state index is 10.8. The average Bonchev–Trinajstić information content (AvgIpc) is 2.51. The molecular weight excluding hydrogens is 280 g/mol. The van der Waals surface area contributed by atoms with Gasteiger partial charge in [0.25, 0.3) is 0 Å². The lowest BCUT2D eigenvalue weighted by atomic mass is 10.1. The third-order valence-electron chi connectivity index (χ3n) is 3.16. The monoisotopic (exact) mass is 310 g/mol. The van der Waals surface area contributed by atoms with Crippen LogP contribution in [0.2, 0.25) is 0 Å². The fourth-order valence-corrected chi connectivity index (χ4v) is 1.89. The van der Waals surface area contributed by atoms with E-state index in [1.807, 2.05) is 18.2 Å². The lowest BCUT2D eigenvalue weighted by Gasteiger charge is -1.95. The highest BCUT2D eigenvalue weighted by Gasteiger charge is 2.00. The van der Waals surface area contributed by atoms with Gasteiger partial charge in [0.1, 0.15) is 0 Å². The summed E-state index contributed by atoms with van der Waals surface area (Å²) in [5.74, 6) is -0.583. The predicted molar refractivity (Wildman–Crippen MR) is 89.1 cm³/mol. The lowest BCUT2D eigenvalue weighted by molar-refractivity contribution is -0.462. The van der Waals surface area contributed by atoms with E-state index in [1.165, 1.54) is 44.9 Å². The molecule has 0 spiro atoms. The lowest BCUT2D eigenvalue weighted by Crippen LogP contribution is -2.01. The normalized spacial score (nSPS) is 11.9. The first-order valence-corrected chi connectivity index (χ1v) is 8.28. The van der Waals surface area contributed by atoms with Crippen molar-refractivity contribution in [1.29, 1.82) is 0 Å². The highest BCUT2D eigenvalue weighted by Crippen LogP contribution is 2.05. The van der Waals surface area contributed by atoms with E-state index in [1.54, 1.807) is 0 Å². The van der Waals surface area contributed by atoms with E-state index in [-0.39, 0.29) is 6.42 Å². The molecule has 0 amide bonds. The third kappa shape index (κ3) is 16.7. The van der Waals surface area contributed by atoms with Crippen molar-refractivity contribution in [3.8, 4) is 0 Å². The van der Waals surface area contributed by atoms with Gasteiger partial charge in [0.05, 0.1) is 6.42 Å². The molecule has 4 nitrogen and oxygen atoms in total. The smallest absolute Gasteiger partial charge is 0.269 e. The van der Waals surface area contributed by atoms with E-state index >= 15 is 0 Å². The molecule has 0 fully saturated rings. The number of hydrogen-bond donors (Lipinski definition) is 1. The van der Waals surface area contributed by atoms with Crippen LogP contribution < -0.4 is 0 Å². The Balaban J connectivity index is 3.33. The fraction of sp³-hybridized carbons (Fsp3) is 0.611. The number of carbonyl (C=O) groups is 1. The van der Waals surface area contributed by atoms with Crippen LogP contribution in [-0.2, 0) is 14.7 Å². The van der Waals surface area contributed by atoms with E-state index in [0.29, 0.717) is 6.42 Å². The second kappa shape index (κ2) is 17.7. The standard InChI is InChI=1S/C18H30O4/c1-2-3-4-5-6-7-8-9-10-11-12-13-14-15-16-17-18(19)21-22-20/h5-6,12-15,20H,2-4,7-11,16-17H2,1H3/b6-5+,13-12+,15-14+. The first kappa shape index (κ1) is 20.6. The number of hydrogen-bond acceptors (Lipinski definition) is 4. The van der Waals surface area contributed by atoms with E-state index in [9.17, 15) is 4.79 Å². The average molecular weight is 310 g/mol. The molecule has 0 saturated heterocycles. The number of carbonyl (C=O) groups excluding carboxylic acids is 1. The highest BCUT2D eigenvalue weighted by atomic mass is 17.5. The Hall–Kier alpha value is -1.39. The Morgan fingerprint density at radius 1 is 0.864 bits per heavy atom. The van der Waals surface area contributed by atoms with Crippen LogP contribution in [0.3, 0.4) is 0 Å². The summed E-state index contributed by atoms with van der Waals surface area (Å²) in [4.78, 5) is 14.7. The van der Waals surface area contributed by atoms with Crippen LogP contribution in [0.4, 0.5) is 0 Å². The van der Waals surface area contributed by atoms with Crippen molar-refractivity contribution in [2.24, 2.45) is 0 Å². The molecule has 0 unspecified atom stereocenters. The second-order valence-corrected chi connectivity index (χ2v) is 5.18. The molecule has 0 aliphatic rings. The van der Waals surface area contributed by atoms with Crippen molar-refractivity contribution in [1.82, 2.24) is 0 Å². The Kier molecular flexibility index (Phi) is 16.5. The second-order valence-electron chi connectivity index (χ2n) is 5.18. The summed E-state index contributed by atoms with van der Waals surface area (Å²) in [6.07, 6.45) is 23.1. The summed E-state index contributed by atoms with van der Waals surface area (Å²) in [5, 5.41) is 11.2. The van der Waals surface area contributed by atoms with Gasteiger partial charge in [0, 0.05) is 0 Å². The van der Waals surface area contributed by atoms with Crippen molar-refractivity contribution >= 4 is 5.97 Å². The highest BCUT2D eigenvalue weighted by molar-refractivity contribution is 5.68. The first-order valence-electron chi connectivity index (χ1n) is 8.28.